The molecule has 0 radical (unpaired) electrons. The maximum atomic E-state index is 14.0. The number of β-lactam (4-membered cyclic amide) rings is 1. The molecule has 1 fully saturated rings. The average Bonchev–Trinajstić information content (AvgIpc) is 3.63. The number of thiazole rings is 1. The lowest BCUT2D eigenvalue weighted by molar-refractivity contribution is -0.197. The summed E-state index contributed by atoms with van der Waals surface area (Å²) in [5.41, 5.74) is 10.7. The maximum absolute atomic E-state index is 14.0. The summed E-state index contributed by atoms with van der Waals surface area (Å²) in [6, 6.07) is 28.8. The van der Waals surface area contributed by atoms with Gasteiger partial charge < -0.3 is 25.3 Å². The van der Waals surface area contributed by atoms with Crippen molar-refractivity contribution in [2.75, 3.05) is 24.7 Å². The molecule has 6 rings (SSSR count). The van der Waals surface area contributed by atoms with Crippen LogP contribution >= 0.6 is 23.1 Å². The topological polar surface area (TPSA) is 191 Å². The number of nitrogens with one attached hydrogen (secondary N) is 2. The van der Waals surface area contributed by atoms with E-state index in [1.54, 1.807) is 19.2 Å². The third-order valence-corrected chi connectivity index (χ3v) is 10.7. The Morgan fingerprint density at radius 2 is 1.60 bits per heavy atom. The van der Waals surface area contributed by atoms with Crippen molar-refractivity contribution in [3.8, 4) is 0 Å². The number of amides is 2. The molecule has 0 bridgehead atoms. The van der Waals surface area contributed by atoms with Gasteiger partial charge in [-0.3, -0.25) is 14.5 Å². The SMILES string of the molecule is COC(C)(C)ON=C(C(=O)NC1C(=O)N2C(C(=O)O)=C(CN=[N+]=[N-])CS[C@H]12)c1csc(NC(c2ccccc2)(c2ccccc2)c2ccccc2)n1. The van der Waals surface area contributed by atoms with E-state index in [4.69, 9.17) is 20.1 Å². The monoisotopic (exact) mass is 738 g/mol. The number of fused-ring (bicyclic) bond motifs is 1. The number of hydrogen-bond donors (Lipinski definition) is 3. The van der Waals surface area contributed by atoms with Crippen LogP contribution in [0.15, 0.2) is 118 Å². The van der Waals surface area contributed by atoms with E-state index < -0.39 is 40.5 Å². The van der Waals surface area contributed by atoms with Crippen molar-refractivity contribution in [1.29, 1.82) is 0 Å². The summed E-state index contributed by atoms with van der Waals surface area (Å²) in [6.07, 6.45) is 0. The predicted molar refractivity (Wildman–Crippen MR) is 197 cm³/mol. The minimum absolute atomic E-state index is 0.169. The highest BCUT2D eigenvalue weighted by Gasteiger charge is 2.54. The molecule has 3 N–H and O–H groups in total. The highest BCUT2D eigenvalue weighted by atomic mass is 32.2. The lowest BCUT2D eigenvalue weighted by atomic mass is 9.77. The molecular weight excluding hydrogens is 705 g/mol. The molecule has 266 valence electrons. The molecule has 2 aliphatic heterocycles. The van der Waals surface area contributed by atoms with Gasteiger partial charge in [-0.1, -0.05) is 101 Å². The van der Waals surface area contributed by atoms with Crippen LogP contribution in [0.5, 0.6) is 0 Å². The molecule has 3 aromatic carbocycles. The van der Waals surface area contributed by atoms with Crippen LogP contribution in [-0.4, -0.2) is 75.1 Å². The first-order valence-corrected chi connectivity index (χ1v) is 18.0. The Kier molecular flexibility index (Phi) is 10.6. The van der Waals surface area contributed by atoms with Crippen LogP contribution in [0.25, 0.3) is 10.4 Å². The third kappa shape index (κ3) is 7.09. The standard InChI is InChI=1S/C36H34N8O6S2/c1-35(2,49-3)50-42-27(30(45)40-28-31(46)44-29(33(47)48)22(19-38-43-37)20-51-32(28)44)26-21-52-34(39-26)41-36(23-13-7-4-8-14-23,24-15-9-5-10-16-24)25-17-11-6-12-18-25/h4-18,21,28,32H,19-20H2,1-3H3,(H,39,41)(H,40,45)(H,47,48)/t28?,32-/m1/s1. The Bertz CT molecular complexity index is 1970. The first-order chi connectivity index (χ1) is 25.1. The van der Waals surface area contributed by atoms with Gasteiger partial charge in [0.1, 0.15) is 28.3 Å². The molecule has 14 nitrogen and oxygen atoms in total. The van der Waals surface area contributed by atoms with Gasteiger partial charge in [0.2, 0.25) is 5.79 Å². The number of thioether (sulfide) groups is 1. The van der Waals surface area contributed by atoms with Gasteiger partial charge in [-0.05, 0) is 27.8 Å². The van der Waals surface area contributed by atoms with E-state index in [9.17, 15) is 19.5 Å². The number of oxime groups is 1. The molecule has 1 unspecified atom stereocenters. The second kappa shape index (κ2) is 15.3. The van der Waals surface area contributed by atoms with Gasteiger partial charge in [0.25, 0.3) is 11.8 Å². The van der Waals surface area contributed by atoms with Gasteiger partial charge >= 0.3 is 5.97 Å². The number of carbonyl (C=O) groups is 3. The number of carboxylic acid groups (broad SMARTS) is 1. The zero-order chi connectivity index (χ0) is 36.9. The van der Waals surface area contributed by atoms with E-state index in [1.807, 2.05) is 91.0 Å². The summed E-state index contributed by atoms with van der Waals surface area (Å²) < 4.78 is 5.35. The van der Waals surface area contributed by atoms with Crippen molar-refractivity contribution >= 4 is 51.7 Å². The van der Waals surface area contributed by atoms with E-state index in [2.05, 4.69) is 25.8 Å². The number of carboxylic acids is 1. The van der Waals surface area contributed by atoms with Gasteiger partial charge in [-0.25, -0.2) is 9.78 Å². The second-order valence-corrected chi connectivity index (χ2v) is 14.1. The van der Waals surface area contributed by atoms with Crippen molar-refractivity contribution in [2.45, 2.75) is 36.6 Å². The smallest absolute Gasteiger partial charge is 0.352 e. The first kappa shape index (κ1) is 36.1. The van der Waals surface area contributed by atoms with E-state index in [-0.39, 0.29) is 29.4 Å². The summed E-state index contributed by atoms with van der Waals surface area (Å²) in [6.45, 7) is 3.05. The predicted octanol–water partition coefficient (Wildman–Crippen LogP) is 5.70. The van der Waals surface area contributed by atoms with Crippen molar-refractivity contribution < 1.29 is 29.1 Å². The van der Waals surface area contributed by atoms with Crippen LogP contribution in [-0.2, 0) is 29.5 Å². The summed E-state index contributed by atoms with van der Waals surface area (Å²) in [5.74, 6) is -3.73. The number of ether oxygens (including phenoxy) is 1. The molecule has 2 amide bonds. The van der Waals surface area contributed by atoms with Gasteiger partial charge in [0, 0.05) is 37.0 Å². The molecule has 2 atom stereocenters. The molecule has 2 aliphatic rings. The average molecular weight is 739 g/mol. The zero-order valence-electron chi connectivity index (χ0n) is 28.3. The fourth-order valence-electron chi connectivity index (χ4n) is 5.91. The van der Waals surface area contributed by atoms with E-state index in [1.165, 1.54) is 30.2 Å². The fourth-order valence-corrected chi connectivity index (χ4v) is 8.00. The lowest BCUT2D eigenvalue weighted by Gasteiger charge is -2.49. The Balaban J connectivity index is 1.34. The summed E-state index contributed by atoms with van der Waals surface area (Å²) >= 11 is 2.51. The summed E-state index contributed by atoms with van der Waals surface area (Å²) in [5, 5.41) is 25.3. The number of rotatable bonds is 14. The number of carbonyl (C=O) groups excluding carboxylic acids is 2. The Hall–Kier alpha value is -5.67. The highest BCUT2D eigenvalue weighted by molar-refractivity contribution is 8.00. The largest absolute Gasteiger partial charge is 0.477 e. The number of benzene rings is 3. The van der Waals surface area contributed by atoms with E-state index in [0.717, 1.165) is 21.6 Å². The van der Waals surface area contributed by atoms with Crippen LogP contribution in [0.3, 0.4) is 0 Å². The molecule has 4 aromatic rings. The van der Waals surface area contributed by atoms with Crippen molar-refractivity contribution in [2.24, 2.45) is 10.3 Å². The number of nitrogens with zero attached hydrogens (tertiary/aromatic N) is 6. The second-order valence-electron chi connectivity index (χ2n) is 12.2. The number of aromatic nitrogens is 1. The van der Waals surface area contributed by atoms with Crippen LogP contribution < -0.4 is 10.6 Å². The highest BCUT2D eigenvalue weighted by Crippen LogP contribution is 2.42. The third-order valence-electron chi connectivity index (χ3n) is 8.59. The molecule has 3 heterocycles. The van der Waals surface area contributed by atoms with E-state index in [0.29, 0.717) is 10.7 Å². The van der Waals surface area contributed by atoms with Crippen LogP contribution in [0.2, 0.25) is 0 Å². The number of methoxy groups -OCH3 is 1. The van der Waals surface area contributed by atoms with Gasteiger partial charge in [-0.15, -0.1) is 23.1 Å². The molecule has 1 saturated heterocycles. The van der Waals surface area contributed by atoms with Crippen LogP contribution in [0, 0.1) is 0 Å². The van der Waals surface area contributed by atoms with Crippen molar-refractivity contribution in [3.63, 3.8) is 0 Å². The minimum atomic E-state index is -1.33. The quantitative estimate of drug-likeness (QED) is 0.0213. The first-order valence-electron chi connectivity index (χ1n) is 16.0. The van der Waals surface area contributed by atoms with Crippen LogP contribution in [0.4, 0.5) is 5.13 Å². The molecule has 16 heteroatoms. The maximum Gasteiger partial charge on any atom is 0.352 e. The number of azide groups is 1. The number of hydrogen-bond acceptors (Lipinski definition) is 11. The molecule has 0 aliphatic carbocycles. The van der Waals surface area contributed by atoms with Crippen LogP contribution in [0.1, 0.15) is 36.2 Å². The van der Waals surface area contributed by atoms with Crippen molar-refractivity contribution in [1.82, 2.24) is 15.2 Å². The summed E-state index contributed by atoms with van der Waals surface area (Å²) in [4.78, 5) is 53.7. The molecule has 1 aromatic heterocycles. The Labute approximate surface area is 307 Å². The van der Waals surface area contributed by atoms with Crippen molar-refractivity contribution in [3.05, 3.63) is 140 Å². The number of aliphatic carboxylic acids is 1. The molecule has 0 spiro atoms. The Morgan fingerprint density at radius 1 is 1.02 bits per heavy atom. The lowest BCUT2D eigenvalue weighted by Crippen LogP contribution is -2.71. The zero-order valence-corrected chi connectivity index (χ0v) is 29.9. The van der Waals surface area contributed by atoms with E-state index >= 15 is 0 Å². The molecule has 0 saturated carbocycles. The summed E-state index contributed by atoms with van der Waals surface area (Å²) in [7, 11) is 1.43. The minimum Gasteiger partial charge on any atom is -0.477 e. The van der Waals surface area contributed by atoms with Gasteiger partial charge in [0.05, 0.1) is 6.54 Å². The van der Waals surface area contributed by atoms with Gasteiger partial charge in [-0.2, -0.15) is 0 Å². The Morgan fingerprint density at radius 3 is 2.12 bits per heavy atom. The molecular formula is C36H34N8O6S2. The normalized spacial score (nSPS) is 17.4. The number of anilines is 1. The van der Waals surface area contributed by atoms with Gasteiger partial charge in [0.15, 0.2) is 10.8 Å². The fraction of sp³-hybridized carbons (Fsp3) is 0.250. The molecule has 52 heavy (non-hydrogen) atoms.